The summed E-state index contributed by atoms with van der Waals surface area (Å²) in [5.74, 6) is -1.25. The number of carbonyl (C=O) groups is 2. The minimum absolute atomic E-state index is 0.0580. The van der Waals surface area contributed by atoms with Crippen molar-refractivity contribution in [3.05, 3.63) is 12.2 Å². The van der Waals surface area contributed by atoms with Gasteiger partial charge in [0.1, 0.15) is 5.60 Å². The third-order valence-corrected chi connectivity index (χ3v) is 8.68. The lowest BCUT2D eigenvalue weighted by atomic mass is 9.38. The molecule has 138 valence electrons. The van der Waals surface area contributed by atoms with Gasteiger partial charge in [0.15, 0.2) is 5.78 Å². The number of carboxylic acid groups (broad SMARTS) is 1. The number of ketones is 1. The molecular formula is C20H28O5. The predicted octanol–water partition coefficient (Wildman–Crippen LogP) is 2.30. The average Bonchev–Trinajstić information content (AvgIpc) is 2.75. The number of aliphatic carboxylic acids is 1. The van der Waals surface area contributed by atoms with E-state index in [1.807, 2.05) is 6.92 Å². The van der Waals surface area contributed by atoms with E-state index in [0.29, 0.717) is 50.5 Å². The molecule has 4 aliphatic carbocycles. The lowest BCUT2D eigenvalue weighted by Crippen LogP contribution is -2.74. The number of aliphatic hydroxyl groups excluding tert-OH is 1. The van der Waals surface area contributed by atoms with Crippen LogP contribution < -0.4 is 0 Å². The summed E-state index contributed by atoms with van der Waals surface area (Å²) >= 11 is 0. The second-order valence-corrected chi connectivity index (χ2v) is 9.44. The van der Waals surface area contributed by atoms with Crippen molar-refractivity contribution >= 4 is 11.8 Å². The Bertz CT molecular complexity index is 686. The van der Waals surface area contributed by atoms with Gasteiger partial charge in [-0.3, -0.25) is 9.59 Å². The van der Waals surface area contributed by atoms with Gasteiger partial charge in [-0.05, 0) is 62.9 Å². The van der Waals surface area contributed by atoms with E-state index in [1.54, 1.807) is 6.92 Å². The molecule has 0 aromatic heterocycles. The Morgan fingerprint density at radius 2 is 1.92 bits per heavy atom. The molecule has 0 aliphatic heterocycles. The summed E-state index contributed by atoms with van der Waals surface area (Å²) in [6.45, 7) is 7.63. The number of carboxylic acids is 1. The Morgan fingerprint density at radius 3 is 2.56 bits per heavy atom. The van der Waals surface area contributed by atoms with Gasteiger partial charge in [-0.15, -0.1) is 0 Å². The molecule has 0 radical (unpaired) electrons. The van der Waals surface area contributed by atoms with Gasteiger partial charge < -0.3 is 15.3 Å². The fraction of sp³-hybridized carbons (Fsp3) is 0.800. The topological polar surface area (TPSA) is 94.8 Å². The van der Waals surface area contributed by atoms with E-state index >= 15 is 0 Å². The molecule has 3 N–H and O–H groups in total. The standard InChI is InChI=1S/C20H28O5/c1-11-12-9-14(21)20(25)18(3)7-4-6-17(2,16(23)24)13(18)5-8-19(20,10-12)15(11)22/h12-14,21,25H,1,4-10H2,2-3H3,(H,23,24)/t12-,13+,14-,17+,18+,19-,20+/m0/s1. The molecule has 25 heavy (non-hydrogen) atoms. The van der Waals surface area contributed by atoms with Crippen LogP contribution in [0.15, 0.2) is 12.2 Å². The highest BCUT2D eigenvalue weighted by molar-refractivity contribution is 6.04. The van der Waals surface area contributed by atoms with Gasteiger partial charge in [0.25, 0.3) is 0 Å². The molecule has 0 amide bonds. The van der Waals surface area contributed by atoms with E-state index in [4.69, 9.17) is 0 Å². The van der Waals surface area contributed by atoms with Crippen molar-refractivity contribution in [3.8, 4) is 0 Å². The number of allylic oxidation sites excluding steroid dienone is 1. The van der Waals surface area contributed by atoms with E-state index < -0.39 is 33.9 Å². The lowest BCUT2D eigenvalue weighted by molar-refractivity contribution is -0.290. The highest BCUT2D eigenvalue weighted by atomic mass is 16.4. The van der Waals surface area contributed by atoms with Crippen LogP contribution in [0, 0.1) is 28.1 Å². The molecular weight excluding hydrogens is 320 g/mol. The van der Waals surface area contributed by atoms with Crippen LogP contribution in [0.1, 0.15) is 58.8 Å². The SMILES string of the molecule is C=C1C(=O)[C@@]23CC[C@@H]4[C@](C)(C(=O)O)CCC[C@@]4(C)[C@]2(O)[C@@H](O)C[C@H]1C3. The first-order valence-electron chi connectivity index (χ1n) is 9.42. The van der Waals surface area contributed by atoms with Crippen LogP contribution in [-0.2, 0) is 9.59 Å². The minimum atomic E-state index is -1.58. The Balaban J connectivity index is 1.91. The first-order chi connectivity index (χ1) is 11.5. The number of fused-ring (bicyclic) bond motifs is 3. The monoisotopic (exact) mass is 348 g/mol. The van der Waals surface area contributed by atoms with Gasteiger partial charge in [0.2, 0.25) is 0 Å². The molecule has 0 heterocycles. The molecule has 4 rings (SSSR count). The molecule has 4 fully saturated rings. The second-order valence-electron chi connectivity index (χ2n) is 9.44. The molecule has 4 aliphatic rings. The zero-order valence-corrected chi connectivity index (χ0v) is 15.0. The number of carbonyl (C=O) groups excluding carboxylic acids is 1. The molecule has 5 nitrogen and oxygen atoms in total. The summed E-state index contributed by atoms with van der Waals surface area (Å²) in [5, 5.41) is 32.9. The van der Waals surface area contributed by atoms with Crippen LogP contribution in [0.5, 0.6) is 0 Å². The van der Waals surface area contributed by atoms with E-state index in [1.165, 1.54) is 0 Å². The van der Waals surface area contributed by atoms with Gasteiger partial charge in [0.05, 0.1) is 16.9 Å². The van der Waals surface area contributed by atoms with Gasteiger partial charge in [-0.2, -0.15) is 0 Å². The van der Waals surface area contributed by atoms with Gasteiger partial charge >= 0.3 is 5.97 Å². The van der Waals surface area contributed by atoms with Crippen LogP contribution in [0.3, 0.4) is 0 Å². The number of rotatable bonds is 1. The first kappa shape index (κ1) is 17.2. The van der Waals surface area contributed by atoms with Gasteiger partial charge in [0, 0.05) is 5.41 Å². The maximum Gasteiger partial charge on any atom is 0.309 e. The molecule has 0 aromatic rings. The summed E-state index contributed by atoms with van der Waals surface area (Å²) in [6, 6.07) is 0. The highest BCUT2D eigenvalue weighted by Crippen LogP contribution is 2.72. The summed E-state index contributed by atoms with van der Waals surface area (Å²) < 4.78 is 0. The molecule has 4 saturated carbocycles. The summed E-state index contributed by atoms with van der Waals surface area (Å²) in [4.78, 5) is 25.2. The second kappa shape index (κ2) is 4.74. The summed E-state index contributed by atoms with van der Waals surface area (Å²) in [7, 11) is 0. The third kappa shape index (κ3) is 1.63. The molecule has 0 unspecified atom stereocenters. The average molecular weight is 348 g/mol. The van der Waals surface area contributed by atoms with Crippen molar-refractivity contribution in [1.29, 1.82) is 0 Å². The first-order valence-corrected chi connectivity index (χ1v) is 9.42. The van der Waals surface area contributed by atoms with Gasteiger partial charge in [-0.1, -0.05) is 19.9 Å². The highest BCUT2D eigenvalue weighted by Gasteiger charge is 2.77. The molecule has 1 spiro atoms. The molecule has 7 atom stereocenters. The zero-order chi connectivity index (χ0) is 18.4. The maximum atomic E-state index is 13.1. The Labute approximate surface area is 148 Å². The van der Waals surface area contributed by atoms with Crippen LogP contribution in [0.25, 0.3) is 0 Å². The van der Waals surface area contributed by atoms with Crippen LogP contribution in [-0.4, -0.2) is 38.8 Å². The van der Waals surface area contributed by atoms with Crippen LogP contribution in [0.2, 0.25) is 0 Å². The Hall–Kier alpha value is -1.20. The largest absolute Gasteiger partial charge is 0.481 e. The Morgan fingerprint density at radius 1 is 1.24 bits per heavy atom. The quantitative estimate of drug-likeness (QED) is 0.632. The number of hydrogen-bond acceptors (Lipinski definition) is 4. The van der Waals surface area contributed by atoms with Crippen molar-refractivity contribution in [2.24, 2.45) is 28.1 Å². The lowest BCUT2D eigenvalue weighted by Gasteiger charge is -2.67. The molecule has 2 bridgehead atoms. The van der Waals surface area contributed by atoms with Gasteiger partial charge in [-0.25, -0.2) is 0 Å². The maximum absolute atomic E-state index is 13.1. The van der Waals surface area contributed by atoms with Crippen LogP contribution in [0.4, 0.5) is 0 Å². The zero-order valence-electron chi connectivity index (χ0n) is 15.0. The van der Waals surface area contributed by atoms with E-state index in [0.717, 1.165) is 0 Å². The fourth-order valence-corrected chi connectivity index (χ4v) is 7.39. The van der Waals surface area contributed by atoms with Crippen molar-refractivity contribution in [2.45, 2.75) is 70.5 Å². The number of Topliss-reactive ketones (excluding diaryl/α,β-unsaturated/α-hetero) is 1. The molecule has 0 saturated heterocycles. The Kier molecular flexibility index (Phi) is 3.27. The van der Waals surface area contributed by atoms with Crippen LogP contribution >= 0.6 is 0 Å². The summed E-state index contributed by atoms with van der Waals surface area (Å²) in [5.41, 5.74) is -3.75. The van der Waals surface area contributed by atoms with Crippen molar-refractivity contribution in [2.75, 3.05) is 0 Å². The van der Waals surface area contributed by atoms with E-state index in [9.17, 15) is 24.9 Å². The molecule has 5 heteroatoms. The fourth-order valence-electron chi connectivity index (χ4n) is 7.39. The third-order valence-electron chi connectivity index (χ3n) is 8.68. The smallest absolute Gasteiger partial charge is 0.309 e. The van der Waals surface area contributed by atoms with Crippen molar-refractivity contribution < 1.29 is 24.9 Å². The van der Waals surface area contributed by atoms with E-state index in [2.05, 4.69) is 6.58 Å². The number of aliphatic hydroxyl groups is 2. The summed E-state index contributed by atoms with van der Waals surface area (Å²) in [6.07, 6.45) is 2.81. The minimum Gasteiger partial charge on any atom is -0.481 e. The normalized spacial score (nSPS) is 54.8. The molecule has 0 aromatic carbocycles. The van der Waals surface area contributed by atoms with Crippen molar-refractivity contribution in [3.63, 3.8) is 0 Å². The van der Waals surface area contributed by atoms with E-state index in [-0.39, 0.29) is 17.6 Å². The number of hydrogen-bond donors (Lipinski definition) is 3. The predicted molar refractivity (Wildman–Crippen MR) is 90.7 cm³/mol. The van der Waals surface area contributed by atoms with Crippen molar-refractivity contribution in [1.82, 2.24) is 0 Å².